The second-order valence-electron chi connectivity index (χ2n) is 3.88. The summed E-state index contributed by atoms with van der Waals surface area (Å²) in [5, 5.41) is 3.39. The van der Waals surface area contributed by atoms with Gasteiger partial charge in [0.05, 0.1) is 12.8 Å². The van der Waals surface area contributed by atoms with Gasteiger partial charge in [-0.25, -0.2) is 0 Å². The number of rotatable bonds is 4. The minimum Gasteiger partial charge on any atom is -0.497 e. The fraction of sp³-hybridized carbons (Fsp3) is 0.214. The lowest BCUT2D eigenvalue weighted by molar-refractivity contribution is 0.414. The molecule has 1 unspecified atom stereocenters. The number of pyridine rings is 1. The lowest BCUT2D eigenvalue weighted by atomic mass is 10.1. The maximum atomic E-state index is 5.14. The van der Waals surface area contributed by atoms with E-state index in [9.17, 15) is 0 Å². The second-order valence-corrected chi connectivity index (χ2v) is 3.88. The normalized spacial score (nSPS) is 11.9. The molecule has 0 aliphatic heterocycles. The minimum absolute atomic E-state index is 0.241. The van der Waals surface area contributed by atoms with E-state index in [0.717, 1.165) is 11.4 Å². The van der Waals surface area contributed by atoms with Crippen LogP contribution in [0.4, 0.5) is 5.69 Å². The van der Waals surface area contributed by atoms with Crippen molar-refractivity contribution in [2.45, 2.75) is 13.0 Å². The van der Waals surface area contributed by atoms with Crippen molar-refractivity contribution in [3.05, 3.63) is 54.4 Å². The third-order valence-corrected chi connectivity index (χ3v) is 2.66. The van der Waals surface area contributed by atoms with Crippen molar-refractivity contribution in [2.24, 2.45) is 0 Å². The number of nitrogens with one attached hydrogen (secondary N) is 1. The van der Waals surface area contributed by atoms with Crippen LogP contribution in [0.2, 0.25) is 0 Å². The first-order valence-electron chi connectivity index (χ1n) is 5.60. The van der Waals surface area contributed by atoms with Crippen molar-refractivity contribution in [2.75, 3.05) is 12.4 Å². The van der Waals surface area contributed by atoms with Crippen LogP contribution in [0.15, 0.2) is 48.8 Å². The van der Waals surface area contributed by atoms with Gasteiger partial charge in [0.15, 0.2) is 0 Å². The van der Waals surface area contributed by atoms with Gasteiger partial charge in [-0.1, -0.05) is 12.1 Å². The Bertz CT molecular complexity index is 453. The summed E-state index contributed by atoms with van der Waals surface area (Å²) in [6, 6.07) is 12.2. The van der Waals surface area contributed by atoms with Crippen LogP contribution in [0.1, 0.15) is 18.5 Å². The first-order chi connectivity index (χ1) is 8.29. The molecule has 0 aliphatic carbocycles. The van der Waals surface area contributed by atoms with E-state index < -0.39 is 0 Å². The zero-order valence-electron chi connectivity index (χ0n) is 10.1. The molecule has 2 aromatic rings. The summed E-state index contributed by atoms with van der Waals surface area (Å²) in [5.74, 6) is 0.877. The molecule has 1 aromatic carbocycles. The monoisotopic (exact) mass is 228 g/mol. The van der Waals surface area contributed by atoms with Crippen LogP contribution in [0.3, 0.4) is 0 Å². The number of anilines is 1. The summed E-state index contributed by atoms with van der Waals surface area (Å²) in [6.45, 7) is 2.12. The Morgan fingerprint density at radius 2 is 1.94 bits per heavy atom. The standard InChI is InChI=1S/C14H16N2O/c1-11(16-13-4-3-9-15-10-13)12-5-7-14(17-2)8-6-12/h3-11,16H,1-2H3. The van der Waals surface area contributed by atoms with Crippen LogP contribution in [0, 0.1) is 0 Å². The smallest absolute Gasteiger partial charge is 0.118 e. The molecule has 0 aliphatic rings. The van der Waals surface area contributed by atoms with Gasteiger partial charge in [0.2, 0.25) is 0 Å². The summed E-state index contributed by atoms with van der Waals surface area (Å²) in [6.07, 6.45) is 3.59. The van der Waals surface area contributed by atoms with Crippen molar-refractivity contribution < 1.29 is 4.74 Å². The molecule has 1 heterocycles. The summed E-state index contributed by atoms with van der Waals surface area (Å²) in [5.41, 5.74) is 2.24. The van der Waals surface area contributed by atoms with E-state index in [-0.39, 0.29) is 6.04 Å². The molecule has 2 rings (SSSR count). The topological polar surface area (TPSA) is 34.1 Å². The number of hydrogen-bond acceptors (Lipinski definition) is 3. The zero-order chi connectivity index (χ0) is 12.1. The average Bonchev–Trinajstić information content (AvgIpc) is 2.40. The molecule has 0 amide bonds. The number of nitrogens with zero attached hydrogens (tertiary/aromatic N) is 1. The van der Waals surface area contributed by atoms with Gasteiger partial charge in [0, 0.05) is 18.4 Å². The molecular weight excluding hydrogens is 212 g/mol. The van der Waals surface area contributed by atoms with Gasteiger partial charge >= 0.3 is 0 Å². The molecule has 0 saturated carbocycles. The minimum atomic E-state index is 0.241. The fourth-order valence-corrected chi connectivity index (χ4v) is 1.67. The maximum absolute atomic E-state index is 5.14. The largest absolute Gasteiger partial charge is 0.497 e. The van der Waals surface area contributed by atoms with Crippen molar-refractivity contribution in [3.63, 3.8) is 0 Å². The number of aromatic nitrogens is 1. The lowest BCUT2D eigenvalue weighted by Crippen LogP contribution is -2.06. The predicted molar refractivity (Wildman–Crippen MR) is 69.3 cm³/mol. The van der Waals surface area contributed by atoms with Crippen LogP contribution >= 0.6 is 0 Å². The quantitative estimate of drug-likeness (QED) is 0.872. The van der Waals surface area contributed by atoms with E-state index in [2.05, 4.69) is 29.4 Å². The van der Waals surface area contributed by atoms with Crippen molar-refractivity contribution in [1.82, 2.24) is 4.98 Å². The van der Waals surface area contributed by atoms with Crippen molar-refractivity contribution in [3.8, 4) is 5.75 Å². The lowest BCUT2D eigenvalue weighted by Gasteiger charge is -2.15. The predicted octanol–water partition coefficient (Wildman–Crippen LogP) is 3.26. The third kappa shape index (κ3) is 2.97. The molecule has 1 atom stereocenters. The van der Waals surface area contributed by atoms with E-state index in [1.807, 2.05) is 30.5 Å². The third-order valence-electron chi connectivity index (χ3n) is 2.66. The Kier molecular flexibility index (Phi) is 3.60. The van der Waals surface area contributed by atoms with Crippen LogP contribution in [0.5, 0.6) is 5.75 Å². The van der Waals surface area contributed by atoms with Gasteiger partial charge < -0.3 is 10.1 Å². The van der Waals surface area contributed by atoms with Crippen LogP contribution in [-0.2, 0) is 0 Å². The van der Waals surface area contributed by atoms with Gasteiger partial charge in [0.1, 0.15) is 5.75 Å². The van der Waals surface area contributed by atoms with Crippen LogP contribution in [-0.4, -0.2) is 12.1 Å². The summed E-state index contributed by atoms with van der Waals surface area (Å²) < 4.78 is 5.14. The molecule has 0 radical (unpaired) electrons. The molecule has 0 spiro atoms. The molecule has 0 bridgehead atoms. The Hall–Kier alpha value is -2.03. The van der Waals surface area contributed by atoms with E-state index in [4.69, 9.17) is 4.74 Å². The Labute approximate surface area is 101 Å². The highest BCUT2D eigenvalue weighted by molar-refractivity contribution is 5.43. The SMILES string of the molecule is COc1ccc(C(C)Nc2cccnc2)cc1. The molecule has 0 fully saturated rings. The van der Waals surface area contributed by atoms with Crippen LogP contribution < -0.4 is 10.1 Å². The molecule has 17 heavy (non-hydrogen) atoms. The molecule has 88 valence electrons. The van der Waals surface area contributed by atoms with E-state index in [1.54, 1.807) is 13.3 Å². The Morgan fingerprint density at radius 1 is 1.18 bits per heavy atom. The summed E-state index contributed by atoms with van der Waals surface area (Å²) in [7, 11) is 1.67. The number of benzene rings is 1. The van der Waals surface area contributed by atoms with Gasteiger partial charge in [-0.3, -0.25) is 4.98 Å². The van der Waals surface area contributed by atoms with Gasteiger partial charge in [0.25, 0.3) is 0 Å². The fourth-order valence-electron chi connectivity index (χ4n) is 1.67. The van der Waals surface area contributed by atoms with Gasteiger partial charge in [-0.05, 0) is 36.8 Å². The molecular formula is C14H16N2O. The summed E-state index contributed by atoms with van der Waals surface area (Å²) in [4.78, 5) is 4.08. The highest BCUT2D eigenvalue weighted by atomic mass is 16.5. The van der Waals surface area contributed by atoms with Gasteiger partial charge in [-0.15, -0.1) is 0 Å². The van der Waals surface area contributed by atoms with E-state index in [1.165, 1.54) is 5.56 Å². The number of methoxy groups -OCH3 is 1. The van der Waals surface area contributed by atoms with E-state index in [0.29, 0.717) is 0 Å². The Morgan fingerprint density at radius 3 is 2.53 bits per heavy atom. The number of hydrogen-bond donors (Lipinski definition) is 1. The van der Waals surface area contributed by atoms with Crippen LogP contribution in [0.25, 0.3) is 0 Å². The first-order valence-corrected chi connectivity index (χ1v) is 5.60. The molecule has 3 heteroatoms. The zero-order valence-corrected chi connectivity index (χ0v) is 10.1. The van der Waals surface area contributed by atoms with Gasteiger partial charge in [-0.2, -0.15) is 0 Å². The highest BCUT2D eigenvalue weighted by Crippen LogP contribution is 2.20. The van der Waals surface area contributed by atoms with Crippen molar-refractivity contribution in [1.29, 1.82) is 0 Å². The molecule has 1 N–H and O–H groups in total. The average molecular weight is 228 g/mol. The van der Waals surface area contributed by atoms with E-state index >= 15 is 0 Å². The Balaban J connectivity index is 2.06. The maximum Gasteiger partial charge on any atom is 0.118 e. The first kappa shape index (κ1) is 11.5. The molecule has 3 nitrogen and oxygen atoms in total. The molecule has 1 aromatic heterocycles. The highest BCUT2D eigenvalue weighted by Gasteiger charge is 2.05. The van der Waals surface area contributed by atoms with Crippen molar-refractivity contribution >= 4 is 5.69 Å². The summed E-state index contributed by atoms with van der Waals surface area (Å²) >= 11 is 0. The molecule has 0 saturated heterocycles. The number of ether oxygens (including phenoxy) is 1. The second kappa shape index (κ2) is 5.34.